The lowest BCUT2D eigenvalue weighted by Gasteiger charge is -2.32. The molecular formula is C56H65ClN6O8. The molecule has 374 valence electrons. The number of aromatic nitrogens is 3. The molecule has 4 aromatic carbocycles. The molecule has 0 radical (unpaired) electrons. The van der Waals surface area contributed by atoms with E-state index in [9.17, 15) is 24.0 Å². The van der Waals surface area contributed by atoms with Crippen molar-refractivity contribution in [1.82, 2.24) is 29.5 Å². The number of imide groups is 1. The second-order valence-corrected chi connectivity index (χ2v) is 19.9. The molecule has 4 amide bonds. The van der Waals surface area contributed by atoms with Gasteiger partial charge in [0.15, 0.2) is 6.61 Å². The Morgan fingerprint density at radius 3 is 2.30 bits per heavy atom. The average Bonchev–Trinajstić information content (AvgIpc) is 3.95. The summed E-state index contributed by atoms with van der Waals surface area (Å²) in [5, 5.41) is 10.7. The third kappa shape index (κ3) is 10.5. The predicted octanol–water partition coefficient (Wildman–Crippen LogP) is 9.93. The monoisotopic (exact) mass is 984 g/mol. The molecule has 0 bridgehead atoms. The second kappa shape index (κ2) is 21.4. The molecule has 0 saturated carbocycles. The molecule has 2 aromatic heterocycles. The van der Waals surface area contributed by atoms with Gasteiger partial charge < -0.3 is 28.6 Å². The number of ether oxygens (including phenoxy) is 3. The summed E-state index contributed by atoms with van der Waals surface area (Å²) in [5.74, 6) is -0.197. The zero-order valence-electron chi connectivity index (χ0n) is 42.2. The lowest BCUT2D eigenvalue weighted by Crippen LogP contribution is -2.52. The second-order valence-electron chi connectivity index (χ2n) is 19.5. The minimum Gasteiger partial charge on any atom is -0.493 e. The highest BCUT2D eigenvalue weighted by Gasteiger charge is 2.40. The number of likely N-dealkylation sites (tertiary alicyclic amines) is 1. The number of esters is 1. The first-order valence-corrected chi connectivity index (χ1v) is 25.3. The summed E-state index contributed by atoms with van der Waals surface area (Å²) in [6, 6.07) is 22.5. The number of carbonyl (C=O) groups is 5. The molecule has 5 heterocycles. The van der Waals surface area contributed by atoms with Gasteiger partial charge in [0, 0.05) is 71.8 Å². The number of halogens is 1. The summed E-state index contributed by atoms with van der Waals surface area (Å²) in [7, 11) is 1.92. The van der Waals surface area contributed by atoms with E-state index in [4.69, 9.17) is 30.9 Å². The van der Waals surface area contributed by atoms with Crippen LogP contribution in [0, 0.1) is 19.8 Å². The smallest absolute Gasteiger partial charge is 0.355 e. The van der Waals surface area contributed by atoms with Crippen LogP contribution in [0.4, 0.5) is 0 Å². The molecule has 3 aliphatic heterocycles. The number of nitrogens with zero attached hydrogens (tertiary/aromatic N) is 5. The van der Waals surface area contributed by atoms with E-state index in [1.54, 1.807) is 18.2 Å². The standard InChI is InChI=1S/C54H59ClN6O8.C2H6/c1-32-47(33(2)58(6)57-32)48-41(55)20-19-38-37(16-11-29-67-43-17-9-13-35-12-7-8-14-36(35)43)50(53(66)69-54(3,4)5)60(49(38)48)28-25-34-23-26-59(27-24-34)46(63)31-68-44-18-10-15-39-40(44)30-61(52(39)65)42-21-22-45(62)56-51(42)64;1-2/h7-10,12-15,17-20,34,42H,11,16,21-31H2,1-6H3,(H,56,62,64);1-2H3. The minimum absolute atomic E-state index is 0.152. The van der Waals surface area contributed by atoms with Crippen molar-refractivity contribution in [2.45, 2.75) is 118 Å². The molecule has 3 aliphatic rings. The van der Waals surface area contributed by atoms with Gasteiger partial charge in [0.05, 0.1) is 29.4 Å². The van der Waals surface area contributed by atoms with Gasteiger partial charge >= 0.3 is 5.97 Å². The number of carbonyl (C=O) groups excluding carboxylic acids is 5. The lowest BCUT2D eigenvalue weighted by molar-refractivity contribution is -0.137. The molecular weight excluding hydrogens is 920 g/mol. The van der Waals surface area contributed by atoms with Crippen molar-refractivity contribution in [3.05, 3.63) is 112 Å². The van der Waals surface area contributed by atoms with Crippen LogP contribution in [-0.2, 0) is 45.7 Å². The largest absolute Gasteiger partial charge is 0.493 e. The fourth-order valence-corrected chi connectivity index (χ4v) is 10.6. The fourth-order valence-electron chi connectivity index (χ4n) is 10.4. The molecule has 9 rings (SSSR count). The van der Waals surface area contributed by atoms with E-state index in [0.717, 1.165) is 74.8 Å². The number of rotatable bonds is 14. The molecule has 0 aliphatic carbocycles. The number of piperidine rings is 2. The van der Waals surface area contributed by atoms with Gasteiger partial charge in [-0.3, -0.25) is 29.2 Å². The van der Waals surface area contributed by atoms with Crippen LogP contribution >= 0.6 is 11.6 Å². The number of hydrogen-bond acceptors (Lipinski definition) is 9. The van der Waals surface area contributed by atoms with Gasteiger partial charge in [0.1, 0.15) is 28.8 Å². The van der Waals surface area contributed by atoms with E-state index in [2.05, 4.69) is 28.1 Å². The normalized spacial score (nSPS) is 16.2. The van der Waals surface area contributed by atoms with Crippen molar-refractivity contribution in [1.29, 1.82) is 0 Å². The SMILES string of the molecule is CC.Cc1nn(C)c(C)c1-c1c(Cl)ccc2c(CCCOc3cccc4ccccc34)c(C(=O)OC(C)(C)C)n(CCC3CCN(C(=O)COc4cccc5c4CN(C4CCC(=O)NC4=O)C5=O)CC3)c12. The van der Waals surface area contributed by atoms with Gasteiger partial charge in [-0.05, 0) is 114 Å². The highest BCUT2D eigenvalue weighted by molar-refractivity contribution is 6.35. The topological polar surface area (TPSA) is 154 Å². The van der Waals surface area contributed by atoms with Crippen LogP contribution in [0.1, 0.15) is 117 Å². The quantitative estimate of drug-likeness (QED) is 0.0638. The Morgan fingerprint density at radius 2 is 1.58 bits per heavy atom. The number of nitrogens with one attached hydrogen (secondary N) is 1. The average molecular weight is 986 g/mol. The van der Waals surface area contributed by atoms with Crippen molar-refractivity contribution in [3.63, 3.8) is 0 Å². The molecule has 14 nitrogen and oxygen atoms in total. The van der Waals surface area contributed by atoms with Gasteiger partial charge in [-0.1, -0.05) is 74.0 Å². The summed E-state index contributed by atoms with van der Waals surface area (Å²) in [4.78, 5) is 69.3. The van der Waals surface area contributed by atoms with Crippen LogP contribution in [-0.4, -0.2) is 91.7 Å². The van der Waals surface area contributed by atoms with Crippen molar-refractivity contribution >= 4 is 62.9 Å². The van der Waals surface area contributed by atoms with Crippen LogP contribution < -0.4 is 14.8 Å². The Balaban J connectivity index is 0.00000334. The van der Waals surface area contributed by atoms with Crippen molar-refractivity contribution in [2.24, 2.45) is 13.0 Å². The molecule has 71 heavy (non-hydrogen) atoms. The highest BCUT2D eigenvalue weighted by atomic mass is 35.5. The molecule has 2 fully saturated rings. The molecule has 1 N–H and O–H groups in total. The van der Waals surface area contributed by atoms with E-state index in [-0.39, 0.29) is 49.6 Å². The van der Waals surface area contributed by atoms with Crippen LogP contribution in [0.3, 0.4) is 0 Å². The summed E-state index contributed by atoms with van der Waals surface area (Å²) < 4.78 is 22.7. The summed E-state index contributed by atoms with van der Waals surface area (Å²) in [6.45, 7) is 15.6. The summed E-state index contributed by atoms with van der Waals surface area (Å²) >= 11 is 7.22. The van der Waals surface area contributed by atoms with E-state index in [0.29, 0.717) is 66.7 Å². The van der Waals surface area contributed by atoms with Gasteiger partial charge in [0.2, 0.25) is 11.8 Å². The molecule has 1 atom stereocenters. The maximum Gasteiger partial charge on any atom is 0.355 e. The Morgan fingerprint density at radius 1 is 0.859 bits per heavy atom. The van der Waals surface area contributed by atoms with E-state index >= 15 is 0 Å². The zero-order valence-corrected chi connectivity index (χ0v) is 42.9. The van der Waals surface area contributed by atoms with E-state index in [1.807, 2.05) is 101 Å². The predicted molar refractivity (Wildman–Crippen MR) is 275 cm³/mol. The molecule has 1 unspecified atom stereocenters. The van der Waals surface area contributed by atoms with Crippen molar-refractivity contribution < 1.29 is 38.2 Å². The maximum absolute atomic E-state index is 14.6. The Bertz CT molecular complexity index is 3010. The van der Waals surface area contributed by atoms with Crippen molar-refractivity contribution in [3.8, 4) is 22.6 Å². The maximum atomic E-state index is 14.6. The van der Waals surface area contributed by atoms with Crippen molar-refractivity contribution in [2.75, 3.05) is 26.3 Å². The van der Waals surface area contributed by atoms with E-state index < -0.39 is 23.5 Å². The highest BCUT2D eigenvalue weighted by Crippen LogP contribution is 2.43. The molecule has 15 heteroatoms. The number of aryl methyl sites for hydroxylation is 4. The first-order chi connectivity index (χ1) is 34.1. The molecule has 0 spiro atoms. The number of amides is 4. The van der Waals surface area contributed by atoms with Gasteiger partial charge in [-0.2, -0.15) is 5.10 Å². The summed E-state index contributed by atoms with van der Waals surface area (Å²) in [6.07, 6.45) is 3.87. The van der Waals surface area contributed by atoms with Crippen LogP contribution in [0.5, 0.6) is 11.5 Å². The van der Waals surface area contributed by atoms with Crippen LogP contribution in [0.2, 0.25) is 5.02 Å². The zero-order chi connectivity index (χ0) is 50.7. The fraction of sp³-hybridized carbons (Fsp3) is 0.429. The molecule has 2 saturated heterocycles. The Kier molecular flexibility index (Phi) is 15.3. The number of hydrogen-bond donors (Lipinski definition) is 1. The minimum atomic E-state index is -0.749. The van der Waals surface area contributed by atoms with E-state index in [1.165, 1.54) is 4.90 Å². The number of fused-ring (bicyclic) bond motifs is 3. The third-order valence-electron chi connectivity index (χ3n) is 13.8. The number of benzene rings is 4. The first kappa shape index (κ1) is 50.7. The Labute approximate surface area is 420 Å². The van der Waals surface area contributed by atoms with Crippen LogP contribution in [0.15, 0.2) is 72.8 Å². The van der Waals surface area contributed by atoms with Gasteiger partial charge in [-0.25, -0.2) is 4.79 Å². The Hall–Kier alpha value is -6.67. The van der Waals surface area contributed by atoms with Gasteiger partial charge in [0.25, 0.3) is 11.8 Å². The lowest BCUT2D eigenvalue weighted by atomic mass is 9.93. The summed E-state index contributed by atoms with van der Waals surface area (Å²) in [5.41, 5.74) is 6.11. The molecule has 6 aromatic rings. The first-order valence-electron chi connectivity index (χ1n) is 24.9. The third-order valence-corrected chi connectivity index (χ3v) is 14.1. The van der Waals surface area contributed by atoms with Crippen LogP contribution in [0.25, 0.3) is 32.8 Å². The van der Waals surface area contributed by atoms with Gasteiger partial charge in [-0.15, -0.1) is 0 Å².